The monoisotopic (exact) mass is 545 g/mol. The van der Waals surface area contributed by atoms with Gasteiger partial charge in [-0.05, 0) is 48.0 Å². The first-order valence-corrected chi connectivity index (χ1v) is 14.0. The number of hydrogen-bond acceptors (Lipinski definition) is 7. The zero-order valence-electron chi connectivity index (χ0n) is 19.5. The zero-order valence-corrected chi connectivity index (χ0v) is 21.1. The lowest BCUT2D eigenvalue weighted by atomic mass is 10.2. The Labute approximate surface area is 210 Å². The van der Waals surface area contributed by atoms with Gasteiger partial charge in [0.2, 0.25) is 10.0 Å². The average Bonchev–Trinajstić information content (AvgIpc) is 3.32. The first-order valence-electron chi connectivity index (χ1n) is 10.7. The Hall–Kier alpha value is -4.17. The quantitative estimate of drug-likeness (QED) is 0.390. The Morgan fingerprint density at radius 1 is 1.14 bits per heavy atom. The number of nitrogens with one attached hydrogen (secondary N) is 1. The van der Waals surface area contributed by atoms with E-state index < -0.39 is 43.0 Å². The number of benzene rings is 2. The van der Waals surface area contributed by atoms with E-state index in [4.69, 9.17) is 0 Å². The molecule has 0 spiro atoms. The second kappa shape index (κ2) is 8.45. The number of hydrogen-bond donors (Lipinski definition) is 2. The van der Waals surface area contributed by atoms with E-state index in [2.05, 4.69) is 9.71 Å². The molecular weight excluding hydrogens is 525 g/mol. The summed E-state index contributed by atoms with van der Waals surface area (Å²) in [5, 5.41) is 13.7. The molecule has 0 saturated carbocycles. The molecule has 0 aliphatic carbocycles. The number of aromatic hydroxyl groups is 1. The van der Waals surface area contributed by atoms with E-state index in [9.17, 15) is 31.1 Å². The Balaban J connectivity index is 1.65. The molecule has 37 heavy (non-hydrogen) atoms. The van der Waals surface area contributed by atoms with Crippen molar-refractivity contribution in [3.63, 3.8) is 0 Å². The molecule has 2 N–H and O–H groups in total. The third-order valence-electron chi connectivity index (χ3n) is 5.97. The number of anilines is 2. The first kappa shape index (κ1) is 24.5. The zero-order chi connectivity index (χ0) is 26.7. The van der Waals surface area contributed by atoms with E-state index in [-0.39, 0.29) is 33.9 Å². The predicted octanol–water partition coefficient (Wildman–Crippen LogP) is 1.95. The van der Waals surface area contributed by atoms with Crippen LogP contribution in [0.5, 0.6) is 5.75 Å². The van der Waals surface area contributed by atoms with Crippen LogP contribution in [0.1, 0.15) is 11.1 Å². The van der Waals surface area contributed by atoms with E-state index in [1.807, 2.05) is 0 Å². The summed E-state index contributed by atoms with van der Waals surface area (Å²) < 4.78 is 70.7. The van der Waals surface area contributed by atoms with Gasteiger partial charge in [-0.3, -0.25) is 13.6 Å². The molecule has 1 aliphatic rings. The van der Waals surface area contributed by atoms with Crippen LogP contribution in [0.2, 0.25) is 0 Å². The van der Waals surface area contributed by atoms with Gasteiger partial charge in [-0.1, -0.05) is 12.1 Å². The van der Waals surface area contributed by atoms with Crippen LogP contribution >= 0.6 is 0 Å². The van der Waals surface area contributed by atoms with Crippen molar-refractivity contribution in [1.82, 2.24) is 9.20 Å². The normalized spacial score (nSPS) is 14.6. The molecule has 3 heterocycles. The van der Waals surface area contributed by atoms with Crippen LogP contribution in [0.4, 0.5) is 15.8 Å². The van der Waals surface area contributed by atoms with E-state index in [1.165, 1.54) is 52.6 Å². The van der Waals surface area contributed by atoms with Gasteiger partial charge in [-0.25, -0.2) is 17.5 Å². The van der Waals surface area contributed by atoms with E-state index in [0.717, 1.165) is 16.6 Å². The molecule has 0 unspecified atom stereocenters. The Bertz CT molecular complexity index is 1880. The number of sulfonamides is 2. The molecule has 0 saturated heterocycles. The highest BCUT2D eigenvalue weighted by atomic mass is 32.2. The molecule has 2 aromatic carbocycles. The molecule has 5 rings (SSSR count). The summed E-state index contributed by atoms with van der Waals surface area (Å²) in [6.45, 7) is -0.00459. The molecule has 0 atom stereocenters. The van der Waals surface area contributed by atoms with Crippen LogP contribution in [-0.4, -0.2) is 50.3 Å². The second-order valence-electron chi connectivity index (χ2n) is 8.40. The summed E-state index contributed by atoms with van der Waals surface area (Å²) in [6.07, 6.45) is 2.53. The van der Waals surface area contributed by atoms with E-state index in [0.29, 0.717) is 5.56 Å². The molecule has 4 aromatic rings. The molecule has 0 bridgehead atoms. The summed E-state index contributed by atoms with van der Waals surface area (Å²) in [5.41, 5.74) is -0.161. The van der Waals surface area contributed by atoms with Gasteiger partial charge in [0.15, 0.2) is 11.6 Å². The Morgan fingerprint density at radius 2 is 1.84 bits per heavy atom. The van der Waals surface area contributed by atoms with Crippen molar-refractivity contribution in [3.05, 3.63) is 88.1 Å². The minimum Gasteiger partial charge on any atom is -0.505 e. The number of rotatable bonds is 5. The molecule has 2 aromatic heterocycles. The minimum absolute atomic E-state index is 0.00459. The standard InChI is InChI=1S/C23H20FN5O6S2/c1-27(36(2,32)33)16-9-10-17-19(12-16)37(34,35)26-22(25-17)20-21(30)18-4-3-11-28(18)29(23(20)31)13-14-5-7-15(24)8-6-14/h3-12,30H,13H2,1-2H3,(H,25,26). The average molecular weight is 546 g/mol. The fourth-order valence-electron chi connectivity index (χ4n) is 3.99. The van der Waals surface area contributed by atoms with Crippen molar-refractivity contribution in [1.29, 1.82) is 0 Å². The lowest BCUT2D eigenvalue weighted by molar-refractivity contribution is 0.466. The van der Waals surface area contributed by atoms with Crippen molar-refractivity contribution in [2.45, 2.75) is 11.4 Å². The van der Waals surface area contributed by atoms with Gasteiger partial charge in [0.05, 0.1) is 24.2 Å². The van der Waals surface area contributed by atoms with Crippen LogP contribution < -0.4 is 15.2 Å². The van der Waals surface area contributed by atoms with Crippen molar-refractivity contribution in [2.24, 2.45) is 4.40 Å². The minimum atomic E-state index is -4.39. The second-order valence-corrected chi connectivity index (χ2v) is 12.0. The molecule has 0 radical (unpaired) electrons. The number of fused-ring (bicyclic) bond motifs is 2. The van der Waals surface area contributed by atoms with Crippen molar-refractivity contribution in [2.75, 3.05) is 22.9 Å². The fourth-order valence-corrected chi connectivity index (χ4v) is 5.63. The van der Waals surface area contributed by atoms with Gasteiger partial charge in [0.25, 0.3) is 15.6 Å². The summed E-state index contributed by atoms with van der Waals surface area (Å²) in [6, 6.07) is 12.6. The van der Waals surface area contributed by atoms with Crippen molar-refractivity contribution in [3.8, 4) is 5.75 Å². The fraction of sp³-hybridized carbons (Fsp3) is 0.130. The summed E-state index contributed by atoms with van der Waals surface area (Å²) >= 11 is 0. The number of halogens is 1. The lowest BCUT2D eigenvalue weighted by Crippen LogP contribution is -2.35. The maximum atomic E-state index is 13.6. The van der Waals surface area contributed by atoms with Crippen LogP contribution in [-0.2, 0) is 26.6 Å². The maximum absolute atomic E-state index is 13.6. The van der Waals surface area contributed by atoms with E-state index >= 15 is 0 Å². The molecule has 192 valence electrons. The number of nitrogens with zero attached hydrogens (tertiary/aromatic N) is 4. The lowest BCUT2D eigenvalue weighted by Gasteiger charge is -2.23. The van der Waals surface area contributed by atoms with Gasteiger partial charge >= 0.3 is 0 Å². The van der Waals surface area contributed by atoms with Crippen LogP contribution in [0.3, 0.4) is 0 Å². The molecule has 11 nitrogen and oxygen atoms in total. The topological polar surface area (TPSA) is 143 Å². The highest BCUT2D eigenvalue weighted by Crippen LogP contribution is 2.34. The Kier molecular flexibility index (Phi) is 5.60. The number of amidine groups is 1. The Morgan fingerprint density at radius 3 is 2.51 bits per heavy atom. The number of aromatic nitrogens is 2. The van der Waals surface area contributed by atoms with Crippen molar-refractivity contribution >= 4 is 42.8 Å². The third-order valence-corrected chi connectivity index (χ3v) is 8.49. The summed E-state index contributed by atoms with van der Waals surface area (Å²) in [5.74, 6) is -1.32. The summed E-state index contributed by atoms with van der Waals surface area (Å²) in [4.78, 5) is 13.3. The molecule has 0 amide bonds. The SMILES string of the molecule is CN(c1ccc2c(c1)S(=O)(=O)N=C(c1c(O)c3cccn3n(Cc3ccc(F)cc3)c1=O)N2)S(C)(=O)=O. The van der Waals surface area contributed by atoms with Crippen LogP contribution in [0.15, 0.2) is 74.9 Å². The van der Waals surface area contributed by atoms with Crippen LogP contribution in [0.25, 0.3) is 5.52 Å². The van der Waals surface area contributed by atoms with Gasteiger partial charge in [0.1, 0.15) is 21.8 Å². The van der Waals surface area contributed by atoms with Gasteiger partial charge in [-0.2, -0.15) is 8.42 Å². The third kappa shape index (κ3) is 4.23. The highest BCUT2D eigenvalue weighted by molar-refractivity contribution is 7.92. The van der Waals surface area contributed by atoms with Gasteiger partial charge in [-0.15, -0.1) is 4.40 Å². The highest BCUT2D eigenvalue weighted by Gasteiger charge is 2.31. The van der Waals surface area contributed by atoms with E-state index in [1.54, 1.807) is 18.3 Å². The van der Waals surface area contributed by atoms with Crippen molar-refractivity contribution < 1.29 is 26.3 Å². The van der Waals surface area contributed by atoms with Gasteiger partial charge < -0.3 is 10.4 Å². The first-order chi connectivity index (χ1) is 17.4. The molecule has 14 heteroatoms. The largest absolute Gasteiger partial charge is 0.505 e. The smallest absolute Gasteiger partial charge is 0.286 e. The predicted molar refractivity (Wildman–Crippen MR) is 136 cm³/mol. The molecule has 0 fully saturated rings. The van der Waals surface area contributed by atoms with Gasteiger partial charge in [0, 0.05) is 13.2 Å². The summed E-state index contributed by atoms with van der Waals surface area (Å²) in [7, 11) is -6.76. The maximum Gasteiger partial charge on any atom is 0.286 e. The molecule has 1 aliphatic heterocycles. The van der Waals surface area contributed by atoms with Crippen LogP contribution in [0, 0.1) is 5.82 Å². The molecular formula is C23H20FN5O6S2.